The molecule has 2 heterocycles. The van der Waals surface area contributed by atoms with E-state index in [-0.39, 0.29) is 5.82 Å². The Labute approximate surface area is 126 Å². The average molecular weight is 305 g/mol. The Balaban J connectivity index is 1.89. The number of rotatable bonds is 5. The van der Waals surface area contributed by atoms with Gasteiger partial charge < -0.3 is 0 Å². The molecule has 0 aliphatic heterocycles. The van der Waals surface area contributed by atoms with Gasteiger partial charge in [-0.15, -0.1) is 16.7 Å². The lowest BCUT2D eigenvalue weighted by molar-refractivity contribution is 0.617. The minimum absolute atomic E-state index is 0.270. The van der Waals surface area contributed by atoms with Gasteiger partial charge in [-0.25, -0.2) is 9.07 Å². The van der Waals surface area contributed by atoms with Crippen molar-refractivity contribution in [1.29, 1.82) is 0 Å². The second-order valence-electron chi connectivity index (χ2n) is 4.84. The monoisotopic (exact) mass is 304 g/mol. The van der Waals surface area contributed by atoms with Gasteiger partial charge in [-0.1, -0.05) is 11.3 Å². The molecular weight excluding hydrogens is 291 g/mol. The molecule has 21 heavy (non-hydrogen) atoms. The molecule has 0 aliphatic rings. The number of pyridine rings is 1. The van der Waals surface area contributed by atoms with Crippen LogP contribution in [0.1, 0.15) is 17.7 Å². The second kappa shape index (κ2) is 6.18. The van der Waals surface area contributed by atoms with E-state index in [4.69, 9.17) is 11.6 Å². The van der Waals surface area contributed by atoms with Gasteiger partial charge in [-0.3, -0.25) is 4.98 Å². The van der Waals surface area contributed by atoms with Crippen molar-refractivity contribution < 1.29 is 4.39 Å². The van der Waals surface area contributed by atoms with Gasteiger partial charge in [0.1, 0.15) is 5.82 Å². The fraction of sp³-hybridized carbons (Fsp3) is 0.267. The van der Waals surface area contributed by atoms with E-state index in [1.54, 1.807) is 16.9 Å². The predicted molar refractivity (Wildman–Crippen MR) is 79.9 cm³/mol. The Morgan fingerprint density at radius 2 is 2.19 bits per heavy atom. The Bertz CT molecular complexity index is 756. The highest BCUT2D eigenvalue weighted by Gasteiger charge is 2.08. The fourth-order valence-electron chi connectivity index (χ4n) is 2.30. The summed E-state index contributed by atoms with van der Waals surface area (Å²) in [5, 5.41) is 8.95. The molecular formula is C15H14ClFN4. The molecule has 3 aromatic rings. The lowest BCUT2D eigenvalue weighted by Gasteiger charge is -2.06. The summed E-state index contributed by atoms with van der Waals surface area (Å²) in [5.41, 5.74) is 2.47. The lowest BCUT2D eigenvalue weighted by Crippen LogP contribution is -2.02. The zero-order valence-corrected chi connectivity index (χ0v) is 12.1. The molecule has 0 radical (unpaired) electrons. The molecule has 3 rings (SSSR count). The highest BCUT2D eigenvalue weighted by molar-refractivity contribution is 6.17. The van der Waals surface area contributed by atoms with Crippen LogP contribution in [0.15, 0.2) is 36.7 Å². The van der Waals surface area contributed by atoms with E-state index in [0.29, 0.717) is 12.4 Å². The maximum atomic E-state index is 13.7. The molecule has 6 heteroatoms. The van der Waals surface area contributed by atoms with Crippen LogP contribution in [0.25, 0.3) is 10.9 Å². The summed E-state index contributed by atoms with van der Waals surface area (Å²) in [6.07, 6.45) is 5.24. The Hall–Kier alpha value is -2.01. The standard InChI is InChI=1S/C15H14ClFN4/c16-5-1-4-14-10-21(20-19-14)9-12-8-13(17)7-11-3-2-6-18-15(11)12/h2-3,6-8,10H,1,4-5,9H2. The van der Waals surface area contributed by atoms with Gasteiger partial charge in [0, 0.05) is 29.2 Å². The van der Waals surface area contributed by atoms with Gasteiger partial charge in [-0.05, 0) is 31.0 Å². The van der Waals surface area contributed by atoms with Gasteiger partial charge in [0.25, 0.3) is 0 Å². The fourth-order valence-corrected chi connectivity index (χ4v) is 2.43. The van der Waals surface area contributed by atoms with E-state index in [9.17, 15) is 4.39 Å². The molecule has 0 fully saturated rings. The van der Waals surface area contributed by atoms with Gasteiger partial charge >= 0.3 is 0 Å². The van der Waals surface area contributed by atoms with E-state index in [1.165, 1.54) is 12.1 Å². The van der Waals surface area contributed by atoms with Crippen molar-refractivity contribution in [3.63, 3.8) is 0 Å². The van der Waals surface area contributed by atoms with Crippen LogP contribution in [0, 0.1) is 5.82 Å². The van der Waals surface area contributed by atoms with Crippen molar-refractivity contribution in [1.82, 2.24) is 20.0 Å². The minimum Gasteiger partial charge on any atom is -0.256 e. The van der Waals surface area contributed by atoms with E-state index in [0.717, 1.165) is 35.0 Å². The number of halogens is 2. The van der Waals surface area contributed by atoms with Crippen molar-refractivity contribution in [2.75, 3.05) is 5.88 Å². The number of aryl methyl sites for hydroxylation is 1. The zero-order chi connectivity index (χ0) is 14.7. The maximum absolute atomic E-state index is 13.7. The number of nitrogens with zero attached hydrogens (tertiary/aromatic N) is 4. The van der Waals surface area contributed by atoms with E-state index in [1.807, 2.05) is 12.3 Å². The second-order valence-corrected chi connectivity index (χ2v) is 5.22. The largest absolute Gasteiger partial charge is 0.256 e. The maximum Gasteiger partial charge on any atom is 0.124 e. The molecule has 108 valence electrons. The van der Waals surface area contributed by atoms with Crippen LogP contribution in [-0.4, -0.2) is 25.9 Å². The van der Waals surface area contributed by atoms with Crippen molar-refractivity contribution in [2.24, 2.45) is 0 Å². The van der Waals surface area contributed by atoms with Crippen LogP contribution in [0.4, 0.5) is 4.39 Å². The average Bonchev–Trinajstić information content (AvgIpc) is 2.92. The van der Waals surface area contributed by atoms with Crippen molar-refractivity contribution >= 4 is 22.5 Å². The predicted octanol–water partition coefficient (Wildman–Crippen LogP) is 3.19. The smallest absolute Gasteiger partial charge is 0.124 e. The van der Waals surface area contributed by atoms with Crippen LogP contribution in [0.3, 0.4) is 0 Å². The zero-order valence-electron chi connectivity index (χ0n) is 11.3. The molecule has 0 bridgehead atoms. The molecule has 0 amide bonds. The number of fused-ring (bicyclic) bond motifs is 1. The molecule has 0 atom stereocenters. The molecule has 2 aromatic heterocycles. The molecule has 1 aromatic carbocycles. The summed E-state index contributed by atoms with van der Waals surface area (Å²) in [7, 11) is 0. The van der Waals surface area contributed by atoms with Gasteiger partial charge in [-0.2, -0.15) is 0 Å². The van der Waals surface area contributed by atoms with Crippen molar-refractivity contribution in [3.8, 4) is 0 Å². The molecule has 0 saturated carbocycles. The Morgan fingerprint density at radius 3 is 3.05 bits per heavy atom. The minimum atomic E-state index is -0.270. The Morgan fingerprint density at radius 1 is 1.29 bits per heavy atom. The SMILES string of the molecule is Fc1cc(Cn2cc(CCCCl)nn2)c2ncccc2c1. The highest BCUT2D eigenvalue weighted by atomic mass is 35.5. The third kappa shape index (κ3) is 3.19. The van der Waals surface area contributed by atoms with Crippen molar-refractivity contribution in [2.45, 2.75) is 19.4 Å². The normalized spacial score (nSPS) is 11.1. The Kier molecular flexibility index (Phi) is 4.10. The third-order valence-electron chi connectivity index (χ3n) is 3.23. The first-order chi connectivity index (χ1) is 10.3. The van der Waals surface area contributed by atoms with E-state index >= 15 is 0 Å². The summed E-state index contributed by atoms with van der Waals surface area (Å²) in [5.74, 6) is 0.332. The van der Waals surface area contributed by atoms with Crippen LogP contribution < -0.4 is 0 Å². The van der Waals surface area contributed by atoms with Crippen molar-refractivity contribution in [3.05, 3.63) is 53.7 Å². The molecule has 0 N–H and O–H groups in total. The molecule has 4 nitrogen and oxygen atoms in total. The van der Waals surface area contributed by atoms with E-state index in [2.05, 4.69) is 15.3 Å². The molecule has 0 unspecified atom stereocenters. The lowest BCUT2D eigenvalue weighted by atomic mass is 10.1. The van der Waals surface area contributed by atoms with Crippen LogP contribution in [-0.2, 0) is 13.0 Å². The first-order valence-corrected chi connectivity index (χ1v) is 7.28. The molecule has 0 saturated heterocycles. The number of aromatic nitrogens is 4. The number of hydrogen-bond donors (Lipinski definition) is 0. The van der Waals surface area contributed by atoms with E-state index < -0.39 is 0 Å². The van der Waals surface area contributed by atoms with Gasteiger partial charge in [0.2, 0.25) is 0 Å². The quantitative estimate of drug-likeness (QED) is 0.680. The molecule has 0 aliphatic carbocycles. The molecule has 0 spiro atoms. The van der Waals surface area contributed by atoms with Crippen LogP contribution in [0.5, 0.6) is 0 Å². The summed E-state index contributed by atoms with van der Waals surface area (Å²) >= 11 is 5.67. The first kappa shape index (κ1) is 13.9. The number of hydrogen-bond acceptors (Lipinski definition) is 3. The number of alkyl halides is 1. The first-order valence-electron chi connectivity index (χ1n) is 6.74. The topological polar surface area (TPSA) is 43.6 Å². The van der Waals surface area contributed by atoms with Gasteiger partial charge in [0.05, 0.1) is 17.8 Å². The summed E-state index contributed by atoms with van der Waals surface area (Å²) in [4.78, 5) is 4.33. The number of benzene rings is 1. The third-order valence-corrected chi connectivity index (χ3v) is 3.50. The van der Waals surface area contributed by atoms with Gasteiger partial charge in [0.15, 0.2) is 0 Å². The summed E-state index contributed by atoms with van der Waals surface area (Å²) < 4.78 is 15.4. The van der Waals surface area contributed by atoms with Crippen LogP contribution in [0.2, 0.25) is 0 Å². The van der Waals surface area contributed by atoms with Crippen LogP contribution >= 0.6 is 11.6 Å². The summed E-state index contributed by atoms with van der Waals surface area (Å²) in [6, 6.07) is 6.63. The highest BCUT2D eigenvalue weighted by Crippen LogP contribution is 2.19. The summed E-state index contributed by atoms with van der Waals surface area (Å²) in [6.45, 7) is 0.444.